The first-order valence-corrected chi connectivity index (χ1v) is 7.11. The van der Waals surface area contributed by atoms with Gasteiger partial charge in [0.05, 0.1) is 7.11 Å². The Bertz CT molecular complexity index is 538. The summed E-state index contributed by atoms with van der Waals surface area (Å²) < 4.78 is 11.1. The van der Waals surface area contributed by atoms with Gasteiger partial charge in [-0.2, -0.15) is 0 Å². The number of hydrogen-bond donors (Lipinski definition) is 0. The maximum Gasteiger partial charge on any atom is 0.161 e. The highest BCUT2D eigenvalue weighted by atomic mass is 79.9. The molecule has 2 aromatic rings. The smallest absolute Gasteiger partial charge is 0.161 e. The number of alkyl halides is 1. The fourth-order valence-electron chi connectivity index (χ4n) is 1.83. The minimum Gasteiger partial charge on any atom is -0.493 e. The van der Waals surface area contributed by atoms with E-state index in [0.717, 1.165) is 17.1 Å². The fourth-order valence-corrected chi connectivity index (χ4v) is 2.11. The number of benzene rings is 2. The molecular formula is C16H17BrO2. The molecule has 100 valence electrons. The zero-order valence-corrected chi connectivity index (χ0v) is 12.7. The Labute approximate surface area is 122 Å². The van der Waals surface area contributed by atoms with Crippen LogP contribution in [0.2, 0.25) is 0 Å². The van der Waals surface area contributed by atoms with Crippen molar-refractivity contribution in [3.05, 3.63) is 59.7 Å². The van der Waals surface area contributed by atoms with Gasteiger partial charge in [-0.3, -0.25) is 0 Å². The summed E-state index contributed by atoms with van der Waals surface area (Å²) in [5.74, 6) is 1.52. The monoisotopic (exact) mass is 320 g/mol. The Hall–Kier alpha value is -1.48. The number of halogens is 1. The van der Waals surface area contributed by atoms with Crippen LogP contribution in [0.25, 0.3) is 0 Å². The third kappa shape index (κ3) is 3.74. The lowest BCUT2D eigenvalue weighted by Gasteiger charge is -2.11. The van der Waals surface area contributed by atoms with Crippen molar-refractivity contribution >= 4 is 15.9 Å². The molecule has 0 aliphatic heterocycles. The first kappa shape index (κ1) is 13.9. The molecule has 0 saturated heterocycles. The highest BCUT2D eigenvalue weighted by Crippen LogP contribution is 2.27. The maximum absolute atomic E-state index is 5.81. The second-order valence-corrected chi connectivity index (χ2v) is 5.67. The molecule has 2 aromatic carbocycles. The topological polar surface area (TPSA) is 18.5 Å². The summed E-state index contributed by atoms with van der Waals surface area (Å²) in [5.41, 5.74) is 2.40. The predicted molar refractivity (Wildman–Crippen MR) is 81.1 cm³/mol. The summed E-state index contributed by atoms with van der Waals surface area (Å²) in [5, 5.41) is 0. The molecule has 3 heteroatoms. The van der Waals surface area contributed by atoms with Gasteiger partial charge < -0.3 is 9.47 Å². The maximum atomic E-state index is 5.81. The van der Waals surface area contributed by atoms with Crippen molar-refractivity contribution in [1.29, 1.82) is 0 Å². The Kier molecular flexibility index (Phi) is 4.86. The molecule has 0 fully saturated rings. The molecule has 0 amide bonds. The molecule has 0 N–H and O–H groups in total. The van der Waals surface area contributed by atoms with E-state index in [9.17, 15) is 0 Å². The lowest BCUT2D eigenvalue weighted by Crippen LogP contribution is -1.98. The van der Waals surface area contributed by atoms with Gasteiger partial charge in [-0.1, -0.05) is 52.3 Å². The number of ether oxygens (including phenoxy) is 2. The van der Waals surface area contributed by atoms with Gasteiger partial charge in [0.1, 0.15) is 6.61 Å². The Balaban J connectivity index is 2.08. The summed E-state index contributed by atoms with van der Waals surface area (Å²) in [6, 6.07) is 16.0. The van der Waals surface area contributed by atoms with E-state index in [-0.39, 0.29) is 0 Å². The third-order valence-electron chi connectivity index (χ3n) is 2.87. The number of para-hydroxylation sites is 2. The van der Waals surface area contributed by atoms with Crippen molar-refractivity contribution in [1.82, 2.24) is 0 Å². The van der Waals surface area contributed by atoms with E-state index in [0.29, 0.717) is 11.4 Å². The molecule has 0 aliphatic rings. The van der Waals surface area contributed by atoms with E-state index in [1.165, 1.54) is 5.56 Å². The van der Waals surface area contributed by atoms with Crippen LogP contribution in [-0.2, 0) is 6.61 Å². The van der Waals surface area contributed by atoms with Crippen molar-refractivity contribution in [3.63, 3.8) is 0 Å². The van der Waals surface area contributed by atoms with E-state index >= 15 is 0 Å². The van der Waals surface area contributed by atoms with Crippen LogP contribution in [0.4, 0.5) is 0 Å². The van der Waals surface area contributed by atoms with Gasteiger partial charge in [0, 0.05) is 4.83 Å². The highest BCUT2D eigenvalue weighted by Gasteiger charge is 2.05. The molecular weight excluding hydrogens is 304 g/mol. The van der Waals surface area contributed by atoms with E-state index in [2.05, 4.69) is 41.1 Å². The average Bonchev–Trinajstić information content (AvgIpc) is 2.45. The molecule has 1 unspecified atom stereocenters. The first-order chi connectivity index (χ1) is 9.20. The normalized spacial score (nSPS) is 11.9. The SMILES string of the molecule is COc1ccccc1OCc1cccc(C(C)Br)c1. The zero-order valence-electron chi connectivity index (χ0n) is 11.1. The molecule has 2 rings (SSSR count). The molecule has 0 aliphatic carbocycles. The summed E-state index contributed by atoms with van der Waals surface area (Å²) in [6.07, 6.45) is 0. The van der Waals surface area contributed by atoms with Gasteiger partial charge >= 0.3 is 0 Å². The molecule has 0 spiro atoms. The molecule has 2 nitrogen and oxygen atoms in total. The standard InChI is InChI=1S/C16H17BrO2/c1-12(17)14-7-5-6-13(10-14)11-19-16-9-4-3-8-15(16)18-2/h3-10,12H,11H2,1-2H3. The van der Waals surface area contributed by atoms with E-state index in [4.69, 9.17) is 9.47 Å². The number of hydrogen-bond acceptors (Lipinski definition) is 2. The van der Waals surface area contributed by atoms with E-state index < -0.39 is 0 Å². The van der Waals surface area contributed by atoms with Gasteiger partial charge in [0.15, 0.2) is 11.5 Å². The summed E-state index contributed by atoms with van der Waals surface area (Å²) in [7, 11) is 1.65. The van der Waals surface area contributed by atoms with Gasteiger partial charge in [-0.25, -0.2) is 0 Å². The minimum absolute atomic E-state index is 0.346. The summed E-state index contributed by atoms with van der Waals surface area (Å²) in [4.78, 5) is 0.346. The molecule has 0 saturated carbocycles. The second-order valence-electron chi connectivity index (χ2n) is 4.30. The summed E-state index contributed by atoms with van der Waals surface area (Å²) in [6.45, 7) is 2.65. The molecule has 0 bridgehead atoms. The van der Waals surface area contributed by atoms with Gasteiger partial charge in [0.25, 0.3) is 0 Å². The molecule has 0 radical (unpaired) electrons. The van der Waals surface area contributed by atoms with Crippen LogP contribution < -0.4 is 9.47 Å². The Morgan fingerprint density at radius 1 is 1.05 bits per heavy atom. The molecule has 0 aromatic heterocycles. The van der Waals surface area contributed by atoms with Crippen LogP contribution in [0.1, 0.15) is 22.9 Å². The predicted octanol–water partition coefficient (Wildman–Crippen LogP) is 4.73. The largest absolute Gasteiger partial charge is 0.493 e. The van der Waals surface area contributed by atoms with Crippen LogP contribution in [0.5, 0.6) is 11.5 Å². The van der Waals surface area contributed by atoms with Crippen molar-refractivity contribution < 1.29 is 9.47 Å². The van der Waals surface area contributed by atoms with Crippen LogP contribution in [0.15, 0.2) is 48.5 Å². The van der Waals surface area contributed by atoms with Gasteiger partial charge in [-0.15, -0.1) is 0 Å². The van der Waals surface area contributed by atoms with Crippen molar-refractivity contribution in [2.75, 3.05) is 7.11 Å². The molecule has 0 heterocycles. The van der Waals surface area contributed by atoms with Crippen molar-refractivity contribution in [2.45, 2.75) is 18.4 Å². The van der Waals surface area contributed by atoms with Crippen molar-refractivity contribution in [2.24, 2.45) is 0 Å². The van der Waals surface area contributed by atoms with Gasteiger partial charge in [0.2, 0.25) is 0 Å². The third-order valence-corrected chi connectivity index (χ3v) is 3.40. The van der Waals surface area contributed by atoms with E-state index in [1.807, 2.05) is 30.3 Å². The second kappa shape index (κ2) is 6.62. The van der Waals surface area contributed by atoms with Crippen LogP contribution >= 0.6 is 15.9 Å². The van der Waals surface area contributed by atoms with Gasteiger partial charge in [-0.05, 0) is 30.2 Å². The van der Waals surface area contributed by atoms with E-state index in [1.54, 1.807) is 7.11 Å². The lowest BCUT2D eigenvalue weighted by atomic mass is 10.1. The van der Waals surface area contributed by atoms with Crippen LogP contribution in [0.3, 0.4) is 0 Å². The lowest BCUT2D eigenvalue weighted by molar-refractivity contribution is 0.284. The number of methoxy groups -OCH3 is 1. The van der Waals surface area contributed by atoms with Crippen LogP contribution in [-0.4, -0.2) is 7.11 Å². The average molecular weight is 321 g/mol. The highest BCUT2D eigenvalue weighted by molar-refractivity contribution is 9.09. The van der Waals surface area contributed by atoms with Crippen molar-refractivity contribution in [3.8, 4) is 11.5 Å². The molecule has 1 atom stereocenters. The number of rotatable bonds is 5. The van der Waals surface area contributed by atoms with Crippen LogP contribution in [0, 0.1) is 0 Å². The summed E-state index contributed by atoms with van der Waals surface area (Å²) >= 11 is 3.57. The minimum atomic E-state index is 0.346. The fraction of sp³-hybridized carbons (Fsp3) is 0.250. The quantitative estimate of drug-likeness (QED) is 0.741. The zero-order chi connectivity index (χ0) is 13.7. The first-order valence-electron chi connectivity index (χ1n) is 6.19. The molecule has 19 heavy (non-hydrogen) atoms. The Morgan fingerprint density at radius 3 is 2.47 bits per heavy atom. The Morgan fingerprint density at radius 2 is 1.79 bits per heavy atom.